The van der Waals surface area contributed by atoms with Gasteiger partial charge in [0.05, 0.1) is 29.1 Å². The summed E-state index contributed by atoms with van der Waals surface area (Å²) in [5, 5.41) is 14.6. The van der Waals surface area contributed by atoms with Gasteiger partial charge in [-0.3, -0.25) is 15.0 Å². The Labute approximate surface area is 229 Å². The molecule has 2 aliphatic rings. The van der Waals surface area contributed by atoms with Crippen LogP contribution in [0.3, 0.4) is 0 Å². The number of nitrogens with one attached hydrogen (secondary N) is 1. The molecule has 9 nitrogen and oxygen atoms in total. The summed E-state index contributed by atoms with van der Waals surface area (Å²) in [6.45, 7) is 9.73. The standard InChI is InChI=1S/C28H31N3O6.C2H6/c1-18-24(27(32)36-3)26(21-11-7-12-22(15-21)31(34)35)25(19(2)29-18)28(33)37-23-13-8-14-30(17-23)16-20-9-5-4-6-10-20;1-2/h4-7,9-12,15,23,26,29H,8,13-14,16-17H2,1-3H3;1-2H3. The van der Waals surface area contributed by atoms with Crippen LogP contribution in [0.4, 0.5) is 5.69 Å². The molecule has 0 spiro atoms. The minimum absolute atomic E-state index is 0.132. The number of nitrogens with zero attached hydrogens (tertiary/aromatic N) is 2. The number of nitro groups is 1. The van der Waals surface area contributed by atoms with Crippen molar-refractivity contribution in [2.24, 2.45) is 0 Å². The summed E-state index contributed by atoms with van der Waals surface area (Å²) in [6, 6.07) is 16.1. The molecule has 2 heterocycles. The summed E-state index contributed by atoms with van der Waals surface area (Å²) in [5.41, 5.74) is 3.01. The average molecular weight is 536 g/mol. The van der Waals surface area contributed by atoms with Gasteiger partial charge in [-0.05, 0) is 44.4 Å². The predicted octanol–water partition coefficient (Wildman–Crippen LogP) is 5.24. The topological polar surface area (TPSA) is 111 Å². The van der Waals surface area contributed by atoms with E-state index in [0.29, 0.717) is 23.5 Å². The quantitative estimate of drug-likeness (QED) is 0.291. The number of non-ortho nitro benzene ring substituents is 1. The first kappa shape index (κ1) is 29.6. The van der Waals surface area contributed by atoms with Crippen LogP contribution in [0.2, 0.25) is 0 Å². The van der Waals surface area contributed by atoms with Gasteiger partial charge in [-0.15, -0.1) is 0 Å². The number of allylic oxidation sites excluding steroid dienone is 2. The molecule has 0 saturated carbocycles. The highest BCUT2D eigenvalue weighted by Crippen LogP contribution is 2.40. The van der Waals surface area contributed by atoms with Crippen molar-refractivity contribution in [1.82, 2.24) is 10.2 Å². The average Bonchev–Trinajstić information content (AvgIpc) is 2.94. The maximum atomic E-state index is 13.7. The van der Waals surface area contributed by atoms with Gasteiger partial charge in [-0.25, -0.2) is 9.59 Å². The maximum Gasteiger partial charge on any atom is 0.337 e. The second-order valence-electron chi connectivity index (χ2n) is 9.37. The Hall–Kier alpha value is -3.98. The second-order valence-corrected chi connectivity index (χ2v) is 9.37. The number of dihydropyridines is 1. The normalized spacial score (nSPS) is 19.4. The molecule has 0 aromatic heterocycles. The highest BCUT2D eigenvalue weighted by atomic mass is 16.6. The Morgan fingerprint density at radius 1 is 1.03 bits per heavy atom. The number of likely N-dealkylation sites (tertiary alicyclic amines) is 1. The number of piperidine rings is 1. The van der Waals surface area contributed by atoms with Crippen molar-refractivity contribution in [3.8, 4) is 0 Å². The minimum Gasteiger partial charge on any atom is -0.466 e. The molecule has 2 aromatic rings. The van der Waals surface area contributed by atoms with Crippen LogP contribution < -0.4 is 5.32 Å². The Kier molecular flexibility index (Phi) is 10.4. The van der Waals surface area contributed by atoms with E-state index in [1.807, 2.05) is 32.0 Å². The molecule has 0 bridgehead atoms. The van der Waals surface area contributed by atoms with Gasteiger partial charge in [0, 0.05) is 36.6 Å². The third-order valence-electron chi connectivity index (χ3n) is 6.78. The Morgan fingerprint density at radius 3 is 2.33 bits per heavy atom. The summed E-state index contributed by atoms with van der Waals surface area (Å²) in [5.74, 6) is -2.04. The molecule has 2 aromatic carbocycles. The predicted molar refractivity (Wildman–Crippen MR) is 149 cm³/mol. The van der Waals surface area contributed by atoms with Gasteiger partial charge >= 0.3 is 11.9 Å². The number of hydrogen-bond acceptors (Lipinski definition) is 8. The molecule has 1 N–H and O–H groups in total. The van der Waals surface area contributed by atoms with Gasteiger partial charge in [0.2, 0.25) is 0 Å². The van der Waals surface area contributed by atoms with Crippen LogP contribution in [0, 0.1) is 10.1 Å². The first-order valence-electron chi connectivity index (χ1n) is 13.3. The Morgan fingerprint density at radius 2 is 1.69 bits per heavy atom. The first-order chi connectivity index (χ1) is 18.8. The molecule has 0 aliphatic carbocycles. The van der Waals surface area contributed by atoms with Gasteiger partial charge in [0.15, 0.2) is 0 Å². The van der Waals surface area contributed by atoms with E-state index in [9.17, 15) is 19.7 Å². The zero-order chi connectivity index (χ0) is 28.5. The summed E-state index contributed by atoms with van der Waals surface area (Å²) in [4.78, 5) is 39.7. The van der Waals surface area contributed by atoms with Crippen molar-refractivity contribution in [2.45, 2.75) is 59.1 Å². The van der Waals surface area contributed by atoms with Gasteiger partial charge in [0.1, 0.15) is 6.10 Å². The number of ether oxygens (including phenoxy) is 2. The lowest BCUT2D eigenvalue weighted by molar-refractivity contribution is -0.384. The fourth-order valence-corrected chi connectivity index (χ4v) is 5.11. The van der Waals surface area contributed by atoms with Crippen molar-refractivity contribution in [3.63, 3.8) is 0 Å². The lowest BCUT2D eigenvalue weighted by Crippen LogP contribution is -2.41. The second kappa shape index (κ2) is 13.7. The molecule has 1 saturated heterocycles. The van der Waals surface area contributed by atoms with Gasteiger partial charge < -0.3 is 14.8 Å². The monoisotopic (exact) mass is 535 g/mol. The number of methoxy groups -OCH3 is 1. The van der Waals surface area contributed by atoms with Gasteiger partial charge in [0.25, 0.3) is 5.69 Å². The number of hydrogen-bond donors (Lipinski definition) is 1. The van der Waals surface area contributed by atoms with Crippen LogP contribution in [-0.4, -0.2) is 48.1 Å². The lowest BCUT2D eigenvalue weighted by Gasteiger charge is -2.34. The van der Waals surface area contributed by atoms with Crippen molar-refractivity contribution >= 4 is 17.6 Å². The van der Waals surface area contributed by atoms with Crippen molar-refractivity contribution in [2.75, 3.05) is 20.2 Å². The Bertz CT molecular complexity index is 1250. The van der Waals surface area contributed by atoms with E-state index in [4.69, 9.17) is 9.47 Å². The highest BCUT2D eigenvalue weighted by molar-refractivity contribution is 6.00. The molecule has 2 atom stereocenters. The van der Waals surface area contributed by atoms with Gasteiger partial charge in [-0.1, -0.05) is 56.3 Å². The maximum absolute atomic E-state index is 13.7. The molecule has 9 heteroatoms. The molecule has 208 valence electrons. The highest BCUT2D eigenvalue weighted by Gasteiger charge is 2.39. The molecule has 2 aliphatic heterocycles. The van der Waals surface area contributed by atoms with Crippen LogP contribution in [0.25, 0.3) is 0 Å². The fraction of sp³-hybridized carbons (Fsp3) is 0.400. The first-order valence-corrected chi connectivity index (χ1v) is 13.3. The van der Waals surface area contributed by atoms with Crippen LogP contribution in [-0.2, 0) is 25.6 Å². The largest absolute Gasteiger partial charge is 0.466 e. The van der Waals surface area contributed by atoms with Crippen molar-refractivity contribution < 1.29 is 24.0 Å². The smallest absolute Gasteiger partial charge is 0.337 e. The van der Waals surface area contributed by atoms with E-state index < -0.39 is 22.8 Å². The van der Waals surface area contributed by atoms with Crippen LogP contribution in [0.5, 0.6) is 0 Å². The van der Waals surface area contributed by atoms with Crippen molar-refractivity contribution in [3.05, 3.63) is 98.4 Å². The van der Waals surface area contributed by atoms with E-state index in [0.717, 1.165) is 25.9 Å². The number of nitro benzene ring substituents is 1. The number of carbonyl (C=O) groups excluding carboxylic acids is 2. The van der Waals surface area contributed by atoms with E-state index in [1.54, 1.807) is 26.0 Å². The zero-order valence-corrected chi connectivity index (χ0v) is 23.2. The fourth-order valence-electron chi connectivity index (χ4n) is 5.11. The van der Waals surface area contributed by atoms with E-state index in [2.05, 4.69) is 22.3 Å². The SMILES string of the molecule is CC.COC(=O)C1=C(C)NC(C)=C(C(=O)OC2CCCN(Cc3ccccc3)C2)C1c1cccc([N+](=O)[O-])c1. The minimum atomic E-state index is -0.870. The summed E-state index contributed by atoms with van der Waals surface area (Å²) in [6.07, 6.45) is 1.31. The zero-order valence-electron chi connectivity index (χ0n) is 23.2. The summed E-state index contributed by atoms with van der Waals surface area (Å²) >= 11 is 0. The molecule has 4 rings (SSSR count). The number of rotatable bonds is 7. The number of benzene rings is 2. The molecular formula is C30H37N3O6. The number of esters is 2. The van der Waals surface area contributed by atoms with Crippen molar-refractivity contribution in [1.29, 1.82) is 0 Å². The molecule has 2 unspecified atom stereocenters. The molecule has 0 radical (unpaired) electrons. The summed E-state index contributed by atoms with van der Waals surface area (Å²) in [7, 11) is 1.26. The summed E-state index contributed by atoms with van der Waals surface area (Å²) < 4.78 is 11.0. The van der Waals surface area contributed by atoms with Gasteiger partial charge in [-0.2, -0.15) is 0 Å². The van der Waals surface area contributed by atoms with E-state index >= 15 is 0 Å². The third kappa shape index (κ3) is 7.11. The van der Waals surface area contributed by atoms with Crippen LogP contribution in [0.1, 0.15) is 57.6 Å². The van der Waals surface area contributed by atoms with Crippen LogP contribution in [0.15, 0.2) is 77.1 Å². The van der Waals surface area contributed by atoms with E-state index in [-0.39, 0.29) is 22.9 Å². The van der Waals surface area contributed by atoms with Crippen LogP contribution >= 0.6 is 0 Å². The lowest BCUT2D eigenvalue weighted by atomic mass is 9.80. The Balaban J connectivity index is 0.00000205. The molecule has 39 heavy (non-hydrogen) atoms. The molecule has 1 fully saturated rings. The number of carbonyl (C=O) groups is 2. The van der Waals surface area contributed by atoms with E-state index in [1.165, 1.54) is 24.8 Å². The molecule has 0 amide bonds. The molecular weight excluding hydrogens is 498 g/mol. The third-order valence-corrected chi connectivity index (χ3v) is 6.78.